The van der Waals surface area contributed by atoms with E-state index in [0.29, 0.717) is 0 Å². The van der Waals surface area contributed by atoms with Gasteiger partial charge >= 0.3 is 0 Å². The quantitative estimate of drug-likeness (QED) is 0.274. The van der Waals surface area contributed by atoms with Crippen LogP contribution in [-0.2, 0) is 4.79 Å². The fourth-order valence-corrected chi connectivity index (χ4v) is 0.570. The molecule has 0 rings (SSSR count). The number of hydrogen-bond donors (Lipinski definition) is 3. The summed E-state index contributed by atoms with van der Waals surface area (Å²) >= 11 is 0. The van der Waals surface area contributed by atoms with Crippen LogP contribution in [0, 0.1) is 0 Å². The number of hydrazine groups is 1. The smallest absolute Gasteiger partial charge is 0.253 e. The lowest BCUT2D eigenvalue weighted by Gasteiger charge is -2.03. The highest BCUT2D eigenvalue weighted by atomic mass is 16.2. The Labute approximate surface area is 86.2 Å². The van der Waals surface area contributed by atoms with Gasteiger partial charge in [-0.2, -0.15) is 0 Å². The fraction of sp³-hybridized carbons (Fsp3) is 0.500. The normalized spacial score (nSPS) is 10.5. The van der Waals surface area contributed by atoms with E-state index in [2.05, 4.69) is 5.32 Å². The van der Waals surface area contributed by atoms with Crippen molar-refractivity contribution in [1.29, 1.82) is 0 Å². The minimum atomic E-state index is -0.233. The molecular formula is C10H21N3O. The van der Waals surface area contributed by atoms with Crippen LogP contribution in [0.1, 0.15) is 27.7 Å². The molecule has 4 heteroatoms. The van der Waals surface area contributed by atoms with E-state index in [9.17, 15) is 4.79 Å². The number of carbonyl (C=O) groups excluding carboxylic acids is 1. The zero-order valence-electron chi connectivity index (χ0n) is 9.42. The first-order chi connectivity index (χ1) is 6.70. The average molecular weight is 199 g/mol. The molecule has 0 radical (unpaired) electrons. The Bertz CT molecular complexity index is 198. The molecule has 0 bridgehead atoms. The van der Waals surface area contributed by atoms with Gasteiger partial charge in [-0.3, -0.25) is 10.2 Å². The van der Waals surface area contributed by atoms with Crippen molar-refractivity contribution in [2.45, 2.75) is 27.7 Å². The molecule has 0 saturated heterocycles. The largest absolute Gasteiger partial charge is 0.380 e. The van der Waals surface area contributed by atoms with Crippen LogP contribution >= 0.6 is 0 Å². The Balaban J connectivity index is 0. The van der Waals surface area contributed by atoms with Gasteiger partial charge in [-0.15, -0.1) is 0 Å². The maximum absolute atomic E-state index is 10.6. The Morgan fingerprint density at radius 3 is 2.43 bits per heavy atom. The summed E-state index contributed by atoms with van der Waals surface area (Å²) in [6, 6.07) is 0. The van der Waals surface area contributed by atoms with Gasteiger partial charge in [-0.05, 0) is 19.9 Å². The first-order valence-corrected chi connectivity index (χ1v) is 4.73. The highest BCUT2D eigenvalue weighted by Crippen LogP contribution is 1.86. The molecule has 4 N–H and O–H groups in total. The summed E-state index contributed by atoms with van der Waals surface area (Å²) in [7, 11) is 0. The van der Waals surface area contributed by atoms with Crippen molar-refractivity contribution < 1.29 is 4.79 Å². The third-order valence-corrected chi connectivity index (χ3v) is 1.23. The summed E-state index contributed by atoms with van der Waals surface area (Å²) in [6.45, 7) is 8.01. The Hall–Kier alpha value is -1.29. The minimum absolute atomic E-state index is 0.205. The zero-order chi connectivity index (χ0) is 11.4. The molecule has 0 aromatic carbocycles. The molecular weight excluding hydrogens is 178 g/mol. The summed E-state index contributed by atoms with van der Waals surface area (Å²) in [6.07, 6.45) is 5.68. The Morgan fingerprint density at radius 1 is 1.43 bits per heavy atom. The van der Waals surface area contributed by atoms with Crippen LogP contribution in [0.25, 0.3) is 0 Å². The molecule has 0 fully saturated rings. The van der Waals surface area contributed by atoms with Gasteiger partial charge in [0, 0.05) is 5.70 Å². The molecule has 0 heterocycles. The monoisotopic (exact) mass is 199 g/mol. The van der Waals surface area contributed by atoms with Crippen LogP contribution in [0.5, 0.6) is 0 Å². The lowest BCUT2D eigenvalue weighted by atomic mass is 10.4. The van der Waals surface area contributed by atoms with E-state index in [-0.39, 0.29) is 12.5 Å². The van der Waals surface area contributed by atoms with Gasteiger partial charge in [0.15, 0.2) is 0 Å². The van der Waals surface area contributed by atoms with Crippen molar-refractivity contribution in [3.63, 3.8) is 0 Å². The van der Waals surface area contributed by atoms with Crippen molar-refractivity contribution >= 4 is 5.91 Å². The van der Waals surface area contributed by atoms with Gasteiger partial charge in [-0.1, -0.05) is 26.0 Å². The van der Waals surface area contributed by atoms with Crippen LogP contribution in [0.15, 0.2) is 23.9 Å². The number of rotatable bonds is 4. The lowest BCUT2D eigenvalue weighted by Crippen LogP contribution is -2.37. The molecule has 0 spiro atoms. The zero-order valence-corrected chi connectivity index (χ0v) is 9.42. The average Bonchev–Trinajstić information content (AvgIpc) is 2.25. The van der Waals surface area contributed by atoms with Gasteiger partial charge in [0.1, 0.15) is 0 Å². The van der Waals surface area contributed by atoms with Gasteiger partial charge in [-0.25, -0.2) is 5.84 Å². The number of allylic oxidation sites excluding steroid dienone is 4. The third kappa shape index (κ3) is 10.7. The van der Waals surface area contributed by atoms with Gasteiger partial charge in [0.05, 0.1) is 6.54 Å². The van der Waals surface area contributed by atoms with Crippen LogP contribution in [0.2, 0.25) is 0 Å². The van der Waals surface area contributed by atoms with Crippen LogP contribution < -0.4 is 16.6 Å². The molecule has 1 amide bonds. The number of amides is 1. The van der Waals surface area contributed by atoms with Crippen LogP contribution in [0.3, 0.4) is 0 Å². The molecule has 0 atom stereocenters. The van der Waals surface area contributed by atoms with Crippen LogP contribution in [-0.4, -0.2) is 12.5 Å². The van der Waals surface area contributed by atoms with E-state index in [1.54, 1.807) is 0 Å². The highest BCUT2D eigenvalue weighted by molar-refractivity contribution is 5.77. The number of hydrogen-bond acceptors (Lipinski definition) is 3. The second kappa shape index (κ2) is 11.7. The second-order valence-electron chi connectivity index (χ2n) is 2.30. The molecule has 14 heavy (non-hydrogen) atoms. The van der Waals surface area contributed by atoms with Crippen molar-refractivity contribution in [2.24, 2.45) is 5.84 Å². The van der Waals surface area contributed by atoms with E-state index >= 15 is 0 Å². The van der Waals surface area contributed by atoms with Crippen molar-refractivity contribution in [1.82, 2.24) is 10.7 Å². The summed E-state index contributed by atoms with van der Waals surface area (Å²) in [5.41, 5.74) is 2.96. The lowest BCUT2D eigenvalue weighted by molar-refractivity contribution is -0.120. The van der Waals surface area contributed by atoms with Crippen LogP contribution in [0.4, 0.5) is 0 Å². The summed E-state index contributed by atoms with van der Waals surface area (Å²) in [4.78, 5) is 10.6. The van der Waals surface area contributed by atoms with E-state index in [1.807, 2.05) is 51.3 Å². The molecule has 4 nitrogen and oxygen atoms in total. The van der Waals surface area contributed by atoms with Crippen molar-refractivity contribution in [2.75, 3.05) is 6.54 Å². The predicted octanol–water partition coefficient (Wildman–Crippen LogP) is 1.07. The summed E-state index contributed by atoms with van der Waals surface area (Å²) < 4.78 is 0. The second-order valence-corrected chi connectivity index (χ2v) is 2.30. The summed E-state index contributed by atoms with van der Waals surface area (Å²) in [5, 5.41) is 2.89. The van der Waals surface area contributed by atoms with E-state index < -0.39 is 0 Å². The number of nitrogens with two attached hydrogens (primary N) is 1. The molecule has 0 aromatic rings. The Morgan fingerprint density at radius 2 is 2.00 bits per heavy atom. The van der Waals surface area contributed by atoms with E-state index in [0.717, 1.165) is 5.70 Å². The minimum Gasteiger partial charge on any atom is -0.380 e. The third-order valence-electron chi connectivity index (χ3n) is 1.23. The van der Waals surface area contributed by atoms with E-state index in [4.69, 9.17) is 5.84 Å². The number of nitrogens with one attached hydrogen (secondary N) is 2. The molecule has 0 aliphatic heterocycles. The predicted molar refractivity (Wildman–Crippen MR) is 60.3 cm³/mol. The standard InChI is InChI=1S/C8H15N3O.C2H6/c1-3-4-5-7(2)10-6-8(12)11-9;1-2/h3-5,10H,6,9H2,1-2H3,(H,11,12);1-2H3/b4-3-,7-5+;. The first-order valence-electron chi connectivity index (χ1n) is 4.73. The molecule has 0 unspecified atom stereocenters. The van der Waals surface area contributed by atoms with Gasteiger partial charge in [0.25, 0.3) is 5.91 Å². The summed E-state index contributed by atoms with van der Waals surface area (Å²) in [5.74, 6) is 4.65. The van der Waals surface area contributed by atoms with Crippen molar-refractivity contribution in [3.8, 4) is 0 Å². The molecule has 0 aromatic heterocycles. The molecule has 0 aliphatic rings. The highest BCUT2D eigenvalue weighted by Gasteiger charge is 1.94. The van der Waals surface area contributed by atoms with E-state index in [1.165, 1.54) is 0 Å². The Kier molecular flexibility index (Phi) is 12.7. The topological polar surface area (TPSA) is 67.2 Å². The van der Waals surface area contributed by atoms with Crippen molar-refractivity contribution in [3.05, 3.63) is 23.9 Å². The molecule has 82 valence electrons. The van der Waals surface area contributed by atoms with Gasteiger partial charge < -0.3 is 5.32 Å². The maximum Gasteiger partial charge on any atom is 0.253 e. The fourth-order valence-electron chi connectivity index (χ4n) is 0.570. The first kappa shape index (κ1) is 15.2. The molecule has 0 saturated carbocycles. The SMILES string of the molecule is C/C=C\C=C(/C)NCC(=O)NN.CC. The maximum atomic E-state index is 10.6. The number of carbonyl (C=O) groups is 1. The van der Waals surface area contributed by atoms with Gasteiger partial charge in [0.2, 0.25) is 0 Å². The molecule has 0 aliphatic carbocycles.